The van der Waals surface area contributed by atoms with E-state index in [9.17, 15) is 13.2 Å². The van der Waals surface area contributed by atoms with Crippen LogP contribution in [0, 0.1) is 12.3 Å². The zero-order valence-corrected chi connectivity index (χ0v) is 13.6. The Balaban J connectivity index is 2.04. The van der Waals surface area contributed by atoms with E-state index in [0.717, 1.165) is 11.3 Å². The Bertz CT molecular complexity index is 718. The van der Waals surface area contributed by atoms with E-state index in [-0.39, 0.29) is 13.1 Å². The summed E-state index contributed by atoms with van der Waals surface area (Å²) in [6.45, 7) is 2.79. The molecule has 1 aliphatic heterocycles. The van der Waals surface area contributed by atoms with Gasteiger partial charge < -0.3 is 10.0 Å². The SMILES string of the molecule is C#Cc1ccccc1N1CCN(S(=O)(=O)NC(C)C(=O)O)CC1. The fourth-order valence-electron chi connectivity index (χ4n) is 2.39. The highest BCUT2D eigenvalue weighted by molar-refractivity contribution is 7.87. The number of nitrogens with zero attached hydrogens (tertiary/aromatic N) is 2. The second kappa shape index (κ2) is 7.00. The summed E-state index contributed by atoms with van der Waals surface area (Å²) >= 11 is 0. The van der Waals surface area contributed by atoms with Crippen LogP contribution in [0.4, 0.5) is 5.69 Å². The van der Waals surface area contributed by atoms with Crippen LogP contribution in [0.15, 0.2) is 24.3 Å². The fraction of sp³-hybridized carbons (Fsp3) is 0.400. The highest BCUT2D eigenvalue weighted by Crippen LogP contribution is 2.21. The predicted octanol–water partition coefficient (Wildman–Crippen LogP) is 0.0974. The molecule has 1 heterocycles. The van der Waals surface area contributed by atoms with Gasteiger partial charge in [-0.05, 0) is 19.1 Å². The number of para-hydroxylation sites is 1. The molecule has 1 aliphatic rings. The molecule has 124 valence electrons. The van der Waals surface area contributed by atoms with E-state index in [4.69, 9.17) is 11.5 Å². The molecule has 0 aromatic heterocycles. The molecule has 23 heavy (non-hydrogen) atoms. The fourth-order valence-corrected chi connectivity index (χ4v) is 3.73. The van der Waals surface area contributed by atoms with Crippen molar-refractivity contribution in [3.05, 3.63) is 29.8 Å². The van der Waals surface area contributed by atoms with Crippen molar-refractivity contribution in [1.29, 1.82) is 0 Å². The number of carbonyl (C=O) groups is 1. The maximum atomic E-state index is 12.2. The van der Waals surface area contributed by atoms with Crippen molar-refractivity contribution in [2.45, 2.75) is 13.0 Å². The van der Waals surface area contributed by atoms with E-state index in [2.05, 4.69) is 10.6 Å². The average Bonchev–Trinajstić information content (AvgIpc) is 2.54. The van der Waals surface area contributed by atoms with Gasteiger partial charge in [0, 0.05) is 31.7 Å². The first kappa shape index (κ1) is 17.3. The van der Waals surface area contributed by atoms with Gasteiger partial charge in [0.25, 0.3) is 10.2 Å². The molecule has 7 nitrogen and oxygen atoms in total. The zero-order valence-electron chi connectivity index (χ0n) is 12.8. The number of hydrogen-bond donors (Lipinski definition) is 2. The monoisotopic (exact) mass is 337 g/mol. The number of aliphatic carboxylic acids is 1. The molecule has 0 radical (unpaired) electrons. The minimum absolute atomic E-state index is 0.264. The van der Waals surface area contributed by atoms with Crippen LogP contribution in [0.25, 0.3) is 0 Å². The van der Waals surface area contributed by atoms with E-state index in [0.29, 0.717) is 13.1 Å². The summed E-state index contributed by atoms with van der Waals surface area (Å²) in [5, 5.41) is 8.82. The maximum absolute atomic E-state index is 12.2. The lowest BCUT2D eigenvalue weighted by molar-refractivity contribution is -0.138. The van der Waals surface area contributed by atoms with Crippen molar-refractivity contribution in [3.63, 3.8) is 0 Å². The maximum Gasteiger partial charge on any atom is 0.321 e. The van der Waals surface area contributed by atoms with Crippen LogP contribution in [0.2, 0.25) is 0 Å². The van der Waals surface area contributed by atoms with Crippen molar-refractivity contribution >= 4 is 21.9 Å². The first-order chi connectivity index (χ1) is 10.8. The third-order valence-corrected chi connectivity index (χ3v) is 5.37. The van der Waals surface area contributed by atoms with Crippen LogP contribution < -0.4 is 9.62 Å². The van der Waals surface area contributed by atoms with Crippen molar-refractivity contribution in [2.24, 2.45) is 0 Å². The number of terminal acetylenes is 1. The third kappa shape index (κ3) is 4.01. The van der Waals surface area contributed by atoms with Crippen molar-refractivity contribution < 1.29 is 18.3 Å². The minimum Gasteiger partial charge on any atom is -0.480 e. The lowest BCUT2D eigenvalue weighted by Gasteiger charge is -2.36. The van der Waals surface area contributed by atoms with Gasteiger partial charge in [0.05, 0.1) is 5.69 Å². The molecule has 1 saturated heterocycles. The molecule has 1 fully saturated rings. The van der Waals surface area contributed by atoms with Gasteiger partial charge in [0.2, 0.25) is 0 Å². The lowest BCUT2D eigenvalue weighted by Crippen LogP contribution is -2.54. The van der Waals surface area contributed by atoms with Crippen LogP contribution >= 0.6 is 0 Å². The molecule has 0 spiro atoms. The Morgan fingerprint density at radius 2 is 1.91 bits per heavy atom. The van der Waals surface area contributed by atoms with Gasteiger partial charge in [0.15, 0.2) is 0 Å². The summed E-state index contributed by atoms with van der Waals surface area (Å²) in [6, 6.07) is 6.32. The van der Waals surface area contributed by atoms with E-state index in [1.54, 1.807) is 0 Å². The number of anilines is 1. The summed E-state index contributed by atoms with van der Waals surface area (Å²) in [4.78, 5) is 12.8. The standard InChI is InChI=1S/C15H19N3O4S/c1-3-13-6-4-5-7-14(13)17-8-10-18(11-9-17)23(21,22)16-12(2)15(19)20/h1,4-7,12,16H,8-11H2,2H3,(H,19,20). The molecule has 0 amide bonds. The Labute approximate surface area is 136 Å². The summed E-state index contributed by atoms with van der Waals surface area (Å²) in [5.41, 5.74) is 1.67. The Kier molecular flexibility index (Phi) is 5.26. The van der Waals surface area contributed by atoms with E-state index in [1.165, 1.54) is 11.2 Å². The van der Waals surface area contributed by atoms with Crippen LogP contribution in [0.1, 0.15) is 12.5 Å². The Hall–Kier alpha value is -2.08. The molecular formula is C15H19N3O4S. The molecule has 0 aliphatic carbocycles. The molecule has 0 bridgehead atoms. The van der Waals surface area contributed by atoms with E-state index >= 15 is 0 Å². The first-order valence-electron chi connectivity index (χ1n) is 7.16. The normalized spacial score (nSPS) is 17.5. The van der Waals surface area contributed by atoms with Gasteiger partial charge in [-0.2, -0.15) is 17.4 Å². The number of carboxylic acid groups (broad SMARTS) is 1. The van der Waals surface area contributed by atoms with Gasteiger partial charge >= 0.3 is 5.97 Å². The summed E-state index contributed by atoms with van der Waals surface area (Å²) in [7, 11) is -3.81. The molecule has 8 heteroatoms. The van der Waals surface area contributed by atoms with Crippen molar-refractivity contribution in [1.82, 2.24) is 9.03 Å². The Morgan fingerprint density at radius 3 is 2.48 bits per heavy atom. The van der Waals surface area contributed by atoms with Gasteiger partial charge in [-0.3, -0.25) is 4.79 Å². The summed E-state index contributed by atoms with van der Waals surface area (Å²) in [5.74, 6) is 1.41. The smallest absolute Gasteiger partial charge is 0.321 e. The highest BCUT2D eigenvalue weighted by Gasteiger charge is 2.30. The topological polar surface area (TPSA) is 90.0 Å². The van der Waals surface area contributed by atoms with Crippen LogP contribution in [-0.2, 0) is 15.0 Å². The molecular weight excluding hydrogens is 318 g/mol. The summed E-state index contributed by atoms with van der Waals surface area (Å²) < 4.78 is 27.7. The van der Waals surface area contributed by atoms with E-state index in [1.807, 2.05) is 29.2 Å². The minimum atomic E-state index is -3.81. The molecule has 2 N–H and O–H groups in total. The van der Waals surface area contributed by atoms with Gasteiger partial charge in [-0.1, -0.05) is 18.1 Å². The quantitative estimate of drug-likeness (QED) is 0.744. The second-order valence-corrected chi connectivity index (χ2v) is 6.93. The number of nitrogens with one attached hydrogen (secondary N) is 1. The number of carboxylic acids is 1. The number of hydrogen-bond acceptors (Lipinski definition) is 4. The first-order valence-corrected chi connectivity index (χ1v) is 8.60. The largest absolute Gasteiger partial charge is 0.480 e. The molecule has 1 atom stereocenters. The van der Waals surface area contributed by atoms with Crippen molar-refractivity contribution in [3.8, 4) is 12.3 Å². The second-order valence-electron chi connectivity index (χ2n) is 5.23. The zero-order chi connectivity index (χ0) is 17.0. The average molecular weight is 337 g/mol. The predicted molar refractivity (Wildman–Crippen MR) is 87.3 cm³/mol. The molecule has 1 aromatic rings. The van der Waals surface area contributed by atoms with Crippen LogP contribution in [-0.4, -0.2) is 56.0 Å². The number of benzene rings is 1. The van der Waals surface area contributed by atoms with Gasteiger partial charge in [-0.15, -0.1) is 6.42 Å². The third-order valence-electron chi connectivity index (χ3n) is 3.67. The van der Waals surface area contributed by atoms with Crippen LogP contribution in [0.3, 0.4) is 0 Å². The molecule has 2 rings (SSSR count). The Morgan fingerprint density at radius 1 is 1.30 bits per heavy atom. The van der Waals surface area contributed by atoms with Crippen LogP contribution in [0.5, 0.6) is 0 Å². The molecule has 1 aromatic carbocycles. The number of piperazine rings is 1. The molecule has 1 unspecified atom stereocenters. The van der Waals surface area contributed by atoms with E-state index < -0.39 is 22.2 Å². The lowest BCUT2D eigenvalue weighted by atomic mass is 10.1. The van der Waals surface area contributed by atoms with Gasteiger partial charge in [0.1, 0.15) is 6.04 Å². The van der Waals surface area contributed by atoms with Crippen molar-refractivity contribution in [2.75, 3.05) is 31.1 Å². The van der Waals surface area contributed by atoms with Gasteiger partial charge in [-0.25, -0.2) is 0 Å². The number of rotatable bonds is 5. The molecule has 0 saturated carbocycles. The summed E-state index contributed by atoms with van der Waals surface area (Å²) in [6.07, 6.45) is 5.49. The highest BCUT2D eigenvalue weighted by atomic mass is 32.2.